The second-order valence-corrected chi connectivity index (χ2v) is 3.48. The van der Waals surface area contributed by atoms with Gasteiger partial charge in [0.25, 0.3) is 0 Å². The highest BCUT2D eigenvalue weighted by Gasteiger charge is 1.97. The molecule has 5 heteroatoms. The van der Waals surface area contributed by atoms with Crippen molar-refractivity contribution in [2.45, 2.75) is 9.54 Å². The van der Waals surface area contributed by atoms with Crippen LogP contribution in [0.15, 0.2) is 0 Å². The molecule has 0 N–H and O–H groups in total. The van der Waals surface area contributed by atoms with Crippen molar-refractivity contribution in [3.8, 4) is 0 Å². The van der Waals surface area contributed by atoms with Crippen LogP contribution in [-0.2, 0) is 4.74 Å². The van der Waals surface area contributed by atoms with E-state index in [4.69, 9.17) is 4.74 Å². The highest BCUT2D eigenvalue weighted by molar-refractivity contribution is 8.00. The first-order chi connectivity index (χ1) is 3.13. The molecule has 0 saturated carbocycles. The Morgan fingerprint density at radius 2 is 1.14 bits per heavy atom. The maximum atomic E-state index is 4.71. The first-order valence-corrected chi connectivity index (χ1v) is 3.57. The van der Waals surface area contributed by atoms with Gasteiger partial charge in [-0.25, -0.2) is 0 Å². The molecule has 0 aliphatic rings. The van der Waals surface area contributed by atoms with E-state index in [1.165, 1.54) is 0 Å². The minimum Gasteiger partial charge on any atom is -0.335 e. The van der Waals surface area contributed by atoms with Crippen molar-refractivity contribution < 1.29 is 4.74 Å². The Labute approximate surface area is 64.8 Å². The van der Waals surface area contributed by atoms with Gasteiger partial charge >= 0.3 is 0 Å². The summed E-state index contributed by atoms with van der Waals surface area (Å²) in [6, 6.07) is 0. The second-order valence-electron chi connectivity index (χ2n) is 0.789. The van der Waals surface area contributed by atoms with Gasteiger partial charge in [0, 0.05) is 0 Å². The molecule has 7 heavy (non-hydrogen) atoms. The van der Waals surface area contributed by atoms with Crippen LogP contribution in [0.3, 0.4) is 0 Å². The van der Waals surface area contributed by atoms with Crippen LogP contribution in [0.25, 0.3) is 0 Å². The Morgan fingerprint density at radius 3 is 1.14 bits per heavy atom. The molecular weight excluding hydrogens is 168 g/mol. The summed E-state index contributed by atoms with van der Waals surface area (Å²) in [4.78, 5) is 0. The molecule has 0 rings (SSSR count). The summed E-state index contributed by atoms with van der Waals surface area (Å²) in [7, 11) is 0. The van der Waals surface area contributed by atoms with Crippen LogP contribution >= 0.6 is 50.5 Å². The molecule has 0 amide bonds. The van der Waals surface area contributed by atoms with Crippen LogP contribution in [0.4, 0.5) is 0 Å². The number of hydrogen-bond donors (Lipinski definition) is 4. The predicted octanol–water partition coefficient (Wildman–Crippen LogP) is 1.29. The van der Waals surface area contributed by atoms with Crippen molar-refractivity contribution >= 4 is 50.5 Å². The minimum absolute atomic E-state index is 0.389. The zero-order chi connectivity index (χ0) is 5.86. The molecule has 0 fully saturated rings. The maximum Gasteiger partial charge on any atom is 0.146 e. The van der Waals surface area contributed by atoms with Gasteiger partial charge in [-0.2, -0.15) is 0 Å². The van der Waals surface area contributed by atoms with Crippen LogP contribution in [0, 0.1) is 0 Å². The number of ether oxygens (including phenoxy) is 1. The molecule has 0 spiro atoms. The normalized spacial score (nSPS) is 11.1. The molecule has 0 aliphatic heterocycles. The molecule has 0 aromatic rings. The van der Waals surface area contributed by atoms with E-state index in [9.17, 15) is 0 Å². The van der Waals surface area contributed by atoms with Crippen molar-refractivity contribution in [1.82, 2.24) is 0 Å². The van der Waals surface area contributed by atoms with Crippen LogP contribution in [0.2, 0.25) is 0 Å². The smallest absolute Gasteiger partial charge is 0.146 e. The Bertz CT molecular complexity index is 39.0. The minimum atomic E-state index is -0.389. The van der Waals surface area contributed by atoms with E-state index in [-0.39, 0.29) is 9.54 Å². The van der Waals surface area contributed by atoms with E-state index < -0.39 is 0 Å². The van der Waals surface area contributed by atoms with Gasteiger partial charge < -0.3 is 4.74 Å². The second kappa shape index (κ2) is 4.26. The summed E-state index contributed by atoms with van der Waals surface area (Å²) in [5.74, 6) is 0. The molecule has 0 aromatic heterocycles. The fourth-order valence-corrected chi connectivity index (χ4v) is 0.980. The van der Waals surface area contributed by atoms with Gasteiger partial charge in [-0.05, 0) is 0 Å². The van der Waals surface area contributed by atoms with E-state index in [2.05, 4.69) is 50.5 Å². The predicted molar refractivity (Wildman–Crippen MR) is 44.6 cm³/mol. The highest BCUT2D eigenvalue weighted by Crippen LogP contribution is 2.10. The number of hydrogen-bond acceptors (Lipinski definition) is 5. The van der Waals surface area contributed by atoms with Crippen molar-refractivity contribution in [2.24, 2.45) is 0 Å². The van der Waals surface area contributed by atoms with Crippen molar-refractivity contribution in [1.29, 1.82) is 0 Å². The molecule has 0 unspecified atom stereocenters. The fraction of sp³-hybridized carbons (Fsp3) is 1.00. The largest absolute Gasteiger partial charge is 0.335 e. The molecule has 1 nitrogen and oxygen atoms in total. The van der Waals surface area contributed by atoms with Gasteiger partial charge in [-0.1, -0.05) is 0 Å². The Morgan fingerprint density at radius 1 is 0.857 bits per heavy atom. The van der Waals surface area contributed by atoms with Gasteiger partial charge in [0.1, 0.15) is 9.54 Å². The van der Waals surface area contributed by atoms with Gasteiger partial charge in [0.15, 0.2) is 0 Å². The topological polar surface area (TPSA) is 9.23 Å². The van der Waals surface area contributed by atoms with Gasteiger partial charge in [0.2, 0.25) is 0 Å². The summed E-state index contributed by atoms with van der Waals surface area (Å²) >= 11 is 15.1. The van der Waals surface area contributed by atoms with Crippen molar-refractivity contribution in [3.63, 3.8) is 0 Å². The van der Waals surface area contributed by atoms with Crippen molar-refractivity contribution in [3.05, 3.63) is 0 Å². The van der Waals surface area contributed by atoms with Crippen molar-refractivity contribution in [2.75, 3.05) is 0 Å². The third-order valence-electron chi connectivity index (χ3n) is 0.243. The van der Waals surface area contributed by atoms with Crippen LogP contribution in [0.5, 0.6) is 0 Å². The van der Waals surface area contributed by atoms with E-state index in [1.807, 2.05) is 0 Å². The number of thiol groups is 4. The van der Waals surface area contributed by atoms with Crippen LogP contribution in [0.1, 0.15) is 0 Å². The molecule has 44 valence electrons. The molecule has 0 aromatic carbocycles. The third-order valence-corrected chi connectivity index (χ3v) is 0.730. The Hall–Kier alpha value is 1.36. The zero-order valence-corrected chi connectivity index (χ0v) is 6.93. The quantitative estimate of drug-likeness (QED) is 0.364. The zero-order valence-electron chi connectivity index (χ0n) is 3.35. The SMILES string of the molecule is SC(S)OC(S)S. The van der Waals surface area contributed by atoms with E-state index >= 15 is 0 Å². The first-order valence-electron chi connectivity index (χ1n) is 1.50. The summed E-state index contributed by atoms with van der Waals surface area (Å²) < 4.78 is 3.93. The van der Waals surface area contributed by atoms with E-state index in [0.717, 1.165) is 0 Å². The molecule has 0 heterocycles. The van der Waals surface area contributed by atoms with E-state index in [0.29, 0.717) is 0 Å². The number of rotatable bonds is 2. The lowest BCUT2D eigenvalue weighted by Gasteiger charge is -2.06. The van der Waals surface area contributed by atoms with Gasteiger partial charge in [-0.15, -0.1) is 50.5 Å². The molecule has 0 atom stereocenters. The molecule has 0 saturated heterocycles. The average Bonchev–Trinajstić information content (AvgIpc) is 1.27. The summed E-state index contributed by atoms with van der Waals surface area (Å²) in [5, 5.41) is 0. The summed E-state index contributed by atoms with van der Waals surface area (Å²) in [6.45, 7) is 0. The molecule has 0 bridgehead atoms. The lowest BCUT2D eigenvalue weighted by atomic mass is 11.5. The van der Waals surface area contributed by atoms with Crippen LogP contribution in [-0.4, -0.2) is 9.54 Å². The standard InChI is InChI=1S/C2H6OS4/c4-1(5)3-2(6)7/h1-2,4-7H. The monoisotopic (exact) mass is 174 g/mol. The Balaban J connectivity index is 2.95. The maximum absolute atomic E-state index is 4.71. The summed E-state index contributed by atoms with van der Waals surface area (Å²) in [6.07, 6.45) is 0. The fourth-order valence-electron chi connectivity index (χ4n) is 0.109. The average molecular weight is 174 g/mol. The lowest BCUT2D eigenvalue weighted by Crippen LogP contribution is -2.00. The van der Waals surface area contributed by atoms with Gasteiger partial charge in [-0.3, -0.25) is 0 Å². The lowest BCUT2D eigenvalue weighted by molar-refractivity contribution is 0.201. The first kappa shape index (κ1) is 8.36. The highest BCUT2D eigenvalue weighted by atomic mass is 32.2. The van der Waals surface area contributed by atoms with Crippen LogP contribution < -0.4 is 0 Å². The third kappa shape index (κ3) is 7.36. The summed E-state index contributed by atoms with van der Waals surface area (Å²) in [5.41, 5.74) is 0. The molecular formula is C2H6OS4. The molecule has 0 aliphatic carbocycles. The van der Waals surface area contributed by atoms with E-state index in [1.54, 1.807) is 0 Å². The van der Waals surface area contributed by atoms with Gasteiger partial charge in [0.05, 0.1) is 0 Å². The molecule has 0 radical (unpaired) electrons. The Kier molecular flexibility index (Phi) is 5.09.